The van der Waals surface area contributed by atoms with E-state index in [0.29, 0.717) is 19.5 Å². The number of likely N-dealkylation sites (tertiary alicyclic amines) is 1. The van der Waals surface area contributed by atoms with Gasteiger partial charge in [0.05, 0.1) is 17.4 Å². The van der Waals surface area contributed by atoms with Gasteiger partial charge in [-0.2, -0.15) is 13.2 Å². The molecule has 208 valence electrons. The summed E-state index contributed by atoms with van der Waals surface area (Å²) in [5.74, 6) is -0.0862. The van der Waals surface area contributed by atoms with Crippen LogP contribution in [0.2, 0.25) is 0 Å². The molecule has 3 rings (SSSR count). The summed E-state index contributed by atoms with van der Waals surface area (Å²) >= 11 is 0. The summed E-state index contributed by atoms with van der Waals surface area (Å²) in [7, 11) is 1.60. The van der Waals surface area contributed by atoms with Crippen LogP contribution >= 0.6 is 0 Å². The molecular formula is C27H36F3N5O3. The van der Waals surface area contributed by atoms with Gasteiger partial charge in [-0.1, -0.05) is 25.5 Å². The Bertz CT molecular complexity index is 1190. The molecule has 11 heteroatoms. The van der Waals surface area contributed by atoms with Crippen molar-refractivity contribution in [3.05, 3.63) is 64.0 Å². The van der Waals surface area contributed by atoms with E-state index in [1.165, 1.54) is 16.7 Å². The molecule has 1 unspecified atom stereocenters. The van der Waals surface area contributed by atoms with E-state index >= 15 is 0 Å². The lowest BCUT2D eigenvalue weighted by Gasteiger charge is -2.31. The normalized spacial score (nSPS) is 16.0. The number of rotatable bonds is 8. The fraction of sp³-hybridized carbons (Fsp3) is 0.481. The van der Waals surface area contributed by atoms with Gasteiger partial charge in [0.15, 0.2) is 5.82 Å². The molecule has 1 aliphatic rings. The molecule has 1 aliphatic heterocycles. The van der Waals surface area contributed by atoms with E-state index in [-0.39, 0.29) is 30.1 Å². The molecule has 0 N–H and O–H groups in total. The first kappa shape index (κ1) is 30.8. The molecule has 0 radical (unpaired) electrons. The third-order valence-corrected chi connectivity index (χ3v) is 5.61. The number of aromatic nitrogens is 3. The number of methoxy groups -OCH3 is 1. The van der Waals surface area contributed by atoms with E-state index in [1.807, 2.05) is 27.7 Å². The summed E-state index contributed by atoms with van der Waals surface area (Å²) in [5, 5.41) is 4.30. The first-order chi connectivity index (χ1) is 18.1. The van der Waals surface area contributed by atoms with E-state index in [4.69, 9.17) is 4.74 Å². The van der Waals surface area contributed by atoms with E-state index < -0.39 is 17.4 Å². The van der Waals surface area contributed by atoms with E-state index in [9.17, 15) is 22.8 Å². The number of benzene rings is 1. The topological polar surface area (TPSA) is 81.7 Å². The maximum absolute atomic E-state index is 13.2. The second-order valence-electron chi connectivity index (χ2n) is 8.69. The van der Waals surface area contributed by atoms with Crippen molar-refractivity contribution in [2.24, 2.45) is 4.99 Å². The number of carbonyl (C=O) groups excluding carboxylic acids is 1. The number of allylic oxidation sites excluding steroid dienone is 2. The summed E-state index contributed by atoms with van der Waals surface area (Å²) in [6.07, 6.45) is 4.23. The molecule has 1 saturated heterocycles. The van der Waals surface area contributed by atoms with Crippen molar-refractivity contribution in [1.29, 1.82) is 0 Å². The number of amides is 1. The van der Waals surface area contributed by atoms with Gasteiger partial charge < -0.3 is 9.64 Å². The highest BCUT2D eigenvalue weighted by atomic mass is 19.4. The maximum atomic E-state index is 13.2. The van der Waals surface area contributed by atoms with Crippen LogP contribution < -0.4 is 5.69 Å². The summed E-state index contributed by atoms with van der Waals surface area (Å²) in [6, 6.07) is 4.23. The number of hydrogen-bond donors (Lipinski definition) is 0. The number of piperidine rings is 1. The fourth-order valence-electron chi connectivity index (χ4n) is 3.76. The molecule has 38 heavy (non-hydrogen) atoms. The number of nitrogens with zero attached hydrogens (tertiary/aromatic N) is 5. The first-order valence-electron chi connectivity index (χ1n) is 12.6. The predicted octanol–water partition coefficient (Wildman–Crippen LogP) is 5.11. The van der Waals surface area contributed by atoms with E-state index in [1.54, 1.807) is 36.6 Å². The molecule has 0 bridgehead atoms. The molecule has 0 aliphatic carbocycles. The van der Waals surface area contributed by atoms with Crippen molar-refractivity contribution in [3.63, 3.8) is 0 Å². The Morgan fingerprint density at radius 2 is 1.89 bits per heavy atom. The SMILES string of the molecule is CC.COC1CCCN(C(=O)Cn2nc(/C=C/CC=NC=C(C)C)n(-c3ccc(C(F)(F)F)cc3)c2=O)C1. The van der Waals surface area contributed by atoms with Crippen molar-refractivity contribution in [3.8, 4) is 5.69 Å². The zero-order chi connectivity index (χ0) is 28.3. The number of aliphatic imine (C=N–C) groups is 1. The lowest BCUT2D eigenvalue weighted by Crippen LogP contribution is -2.45. The number of hydrogen-bond acceptors (Lipinski definition) is 5. The molecule has 2 heterocycles. The zero-order valence-electron chi connectivity index (χ0n) is 22.5. The largest absolute Gasteiger partial charge is 0.416 e. The lowest BCUT2D eigenvalue weighted by molar-refractivity contribution is -0.137. The number of halogens is 3. The van der Waals surface area contributed by atoms with Crippen LogP contribution in [0.4, 0.5) is 13.2 Å². The second-order valence-corrected chi connectivity index (χ2v) is 8.69. The molecular weight excluding hydrogens is 499 g/mol. The summed E-state index contributed by atoms with van der Waals surface area (Å²) in [4.78, 5) is 31.9. The number of alkyl halides is 3. The van der Waals surface area contributed by atoms with Crippen molar-refractivity contribution in [1.82, 2.24) is 19.2 Å². The zero-order valence-corrected chi connectivity index (χ0v) is 22.5. The van der Waals surface area contributed by atoms with Gasteiger partial charge in [-0.15, -0.1) is 5.10 Å². The highest BCUT2D eigenvalue weighted by Crippen LogP contribution is 2.29. The van der Waals surface area contributed by atoms with Crippen LogP contribution in [0.3, 0.4) is 0 Å². The fourth-order valence-corrected chi connectivity index (χ4v) is 3.76. The Morgan fingerprint density at radius 1 is 1.21 bits per heavy atom. The summed E-state index contributed by atoms with van der Waals surface area (Å²) < 4.78 is 46.6. The quantitative estimate of drug-likeness (QED) is 0.440. The first-order valence-corrected chi connectivity index (χ1v) is 12.6. The molecule has 1 aromatic carbocycles. The van der Waals surface area contributed by atoms with Crippen LogP contribution in [-0.4, -0.2) is 57.7 Å². The number of ether oxygens (including phenoxy) is 1. The van der Waals surface area contributed by atoms with Crippen LogP contribution in [0.15, 0.2) is 51.9 Å². The Balaban J connectivity index is 0.00000247. The smallest absolute Gasteiger partial charge is 0.380 e. The van der Waals surface area contributed by atoms with Gasteiger partial charge in [0.2, 0.25) is 5.91 Å². The molecule has 8 nitrogen and oxygen atoms in total. The van der Waals surface area contributed by atoms with Gasteiger partial charge in [-0.05, 0) is 57.0 Å². The van der Waals surface area contributed by atoms with Crippen molar-refractivity contribution in [2.45, 2.75) is 65.8 Å². The highest BCUT2D eigenvalue weighted by Gasteiger charge is 2.30. The van der Waals surface area contributed by atoms with Crippen LogP contribution in [0, 0.1) is 0 Å². The standard InChI is InChI=1S/C25H30F3N5O3.C2H6/c1-18(2)15-29-13-5-4-8-22-30-32(17-23(34)31-14-6-7-21(16-31)36-3)24(35)33(22)20-11-9-19(10-12-20)25(26,27)28;1-2/h4,8-13,15,21H,5-7,14,16-17H2,1-3H3;1-2H3/b8-4+,29-13?;. The van der Waals surface area contributed by atoms with Crippen molar-refractivity contribution in [2.75, 3.05) is 20.2 Å². The van der Waals surface area contributed by atoms with Crippen molar-refractivity contribution >= 4 is 18.2 Å². The Hall–Kier alpha value is -3.47. The summed E-state index contributed by atoms with van der Waals surface area (Å²) in [5.41, 5.74) is -0.198. The molecule has 1 aromatic heterocycles. The van der Waals surface area contributed by atoms with Crippen LogP contribution in [-0.2, 0) is 22.3 Å². The van der Waals surface area contributed by atoms with E-state index in [2.05, 4.69) is 10.1 Å². The predicted molar refractivity (Wildman–Crippen MR) is 142 cm³/mol. The average molecular weight is 536 g/mol. The minimum absolute atomic E-state index is 0.0596. The summed E-state index contributed by atoms with van der Waals surface area (Å²) in [6.45, 7) is 8.55. The van der Waals surface area contributed by atoms with Gasteiger partial charge in [0.25, 0.3) is 0 Å². The third kappa shape index (κ3) is 8.54. The Kier molecular flexibility index (Phi) is 11.7. The van der Waals surface area contributed by atoms with E-state index in [0.717, 1.165) is 35.2 Å². The van der Waals surface area contributed by atoms with Gasteiger partial charge in [0, 0.05) is 39.0 Å². The van der Waals surface area contributed by atoms with Crippen molar-refractivity contribution < 1.29 is 22.7 Å². The lowest BCUT2D eigenvalue weighted by atomic mass is 10.1. The minimum atomic E-state index is -4.50. The van der Waals surface area contributed by atoms with Gasteiger partial charge in [-0.3, -0.25) is 9.79 Å². The van der Waals surface area contributed by atoms with Gasteiger partial charge in [-0.25, -0.2) is 14.0 Å². The third-order valence-electron chi connectivity index (χ3n) is 5.61. The maximum Gasteiger partial charge on any atom is 0.416 e. The number of carbonyl (C=O) groups is 1. The van der Waals surface area contributed by atoms with Crippen LogP contribution in [0.5, 0.6) is 0 Å². The van der Waals surface area contributed by atoms with Crippen LogP contribution in [0.25, 0.3) is 11.8 Å². The Labute approximate surface area is 221 Å². The molecule has 2 aromatic rings. The van der Waals surface area contributed by atoms with Gasteiger partial charge in [0.1, 0.15) is 6.54 Å². The highest BCUT2D eigenvalue weighted by molar-refractivity contribution is 5.76. The minimum Gasteiger partial charge on any atom is -0.380 e. The molecule has 1 amide bonds. The monoisotopic (exact) mass is 535 g/mol. The molecule has 1 fully saturated rings. The second kappa shape index (κ2) is 14.5. The molecule has 1 atom stereocenters. The molecule has 0 spiro atoms. The van der Waals surface area contributed by atoms with Crippen LogP contribution in [0.1, 0.15) is 58.3 Å². The molecule has 0 saturated carbocycles. The average Bonchev–Trinajstić information content (AvgIpc) is 3.21. The Morgan fingerprint density at radius 3 is 2.50 bits per heavy atom. The van der Waals surface area contributed by atoms with Gasteiger partial charge >= 0.3 is 11.9 Å².